The molecule has 0 fully saturated rings. The molecule has 0 amide bonds. The van der Waals surface area contributed by atoms with E-state index < -0.39 is 30.6 Å². The van der Waals surface area contributed by atoms with Gasteiger partial charge in [0.2, 0.25) is 10.0 Å². The van der Waals surface area contributed by atoms with Crippen LogP contribution in [0.25, 0.3) is 0 Å². The first-order chi connectivity index (χ1) is 8.58. The van der Waals surface area contributed by atoms with Gasteiger partial charge in [0.05, 0.1) is 4.90 Å². The highest BCUT2D eigenvalue weighted by atomic mass is 32.2. The van der Waals surface area contributed by atoms with E-state index in [2.05, 4.69) is 4.72 Å². The van der Waals surface area contributed by atoms with Gasteiger partial charge in [-0.05, 0) is 31.5 Å². The molecule has 1 aromatic carbocycles. The van der Waals surface area contributed by atoms with E-state index in [4.69, 9.17) is 0 Å². The molecule has 0 saturated heterocycles. The van der Waals surface area contributed by atoms with Crippen LogP contribution < -0.4 is 4.72 Å². The van der Waals surface area contributed by atoms with Crippen LogP contribution >= 0.6 is 0 Å². The van der Waals surface area contributed by atoms with E-state index in [9.17, 15) is 21.2 Å². The molecule has 0 aliphatic rings. The lowest BCUT2D eigenvalue weighted by atomic mass is 10.3. The first kappa shape index (κ1) is 16.1. The summed E-state index contributed by atoms with van der Waals surface area (Å²) in [6.45, 7) is 3.41. The highest BCUT2D eigenvalue weighted by Gasteiger charge is 2.23. The maximum absolute atomic E-state index is 13.6. The zero-order chi connectivity index (χ0) is 14.8. The summed E-state index contributed by atoms with van der Waals surface area (Å²) in [5, 5.41) is 0. The first-order valence-corrected chi connectivity index (χ1v) is 8.97. The fraction of sp³-hybridized carbons (Fsp3) is 0.455. The molecule has 1 rings (SSSR count). The van der Waals surface area contributed by atoms with Crippen molar-refractivity contribution in [1.82, 2.24) is 4.72 Å². The van der Waals surface area contributed by atoms with Crippen molar-refractivity contribution in [3.63, 3.8) is 0 Å². The molecule has 5 nitrogen and oxygen atoms in total. The minimum absolute atomic E-state index is 0.238. The van der Waals surface area contributed by atoms with Gasteiger partial charge in [0.25, 0.3) is 0 Å². The van der Waals surface area contributed by atoms with Gasteiger partial charge in [0.15, 0.2) is 9.84 Å². The number of hydrogen-bond donors (Lipinski definition) is 1. The van der Waals surface area contributed by atoms with Crippen molar-refractivity contribution in [3.8, 4) is 0 Å². The van der Waals surface area contributed by atoms with Gasteiger partial charge in [0.1, 0.15) is 10.7 Å². The summed E-state index contributed by atoms with van der Waals surface area (Å²) in [5.74, 6) is -0.983. The van der Waals surface area contributed by atoms with Crippen LogP contribution in [0.5, 0.6) is 0 Å². The normalized spacial score (nSPS) is 14.3. The largest absolute Gasteiger partial charge is 0.243 e. The Hall–Kier alpha value is -0.990. The van der Waals surface area contributed by atoms with Crippen LogP contribution in [0.2, 0.25) is 0 Å². The highest BCUT2D eigenvalue weighted by Crippen LogP contribution is 2.19. The molecule has 0 spiro atoms. The molecule has 0 aromatic heterocycles. The van der Waals surface area contributed by atoms with Crippen molar-refractivity contribution < 1.29 is 21.2 Å². The minimum atomic E-state index is -4.07. The molecule has 0 aliphatic carbocycles. The van der Waals surface area contributed by atoms with Crippen molar-refractivity contribution in [2.45, 2.75) is 36.1 Å². The summed E-state index contributed by atoms with van der Waals surface area (Å²) in [5.41, 5.74) is 0. The van der Waals surface area contributed by atoms with Crippen molar-refractivity contribution in [1.29, 1.82) is 0 Å². The Morgan fingerprint density at radius 2 is 1.84 bits per heavy atom. The molecule has 0 saturated carbocycles. The summed E-state index contributed by atoms with van der Waals surface area (Å²) >= 11 is 0. The lowest BCUT2D eigenvalue weighted by Gasteiger charge is -2.13. The quantitative estimate of drug-likeness (QED) is 0.832. The first-order valence-electron chi connectivity index (χ1n) is 5.60. The summed E-state index contributed by atoms with van der Waals surface area (Å²) in [6.07, 6.45) is 1.46. The second-order valence-electron chi connectivity index (χ2n) is 4.29. The number of nitrogens with one attached hydrogen (secondary N) is 1. The van der Waals surface area contributed by atoms with Crippen LogP contribution in [-0.2, 0) is 19.9 Å². The Morgan fingerprint density at radius 3 is 2.32 bits per heavy atom. The van der Waals surface area contributed by atoms with Gasteiger partial charge >= 0.3 is 0 Å². The third-order valence-corrected chi connectivity index (χ3v) is 5.30. The van der Waals surface area contributed by atoms with Gasteiger partial charge in [0, 0.05) is 12.3 Å². The molecule has 1 unspecified atom stereocenters. The Bertz CT molecular complexity index is 668. The second kappa shape index (κ2) is 5.56. The Morgan fingerprint density at radius 1 is 1.26 bits per heavy atom. The van der Waals surface area contributed by atoms with Crippen LogP contribution in [0.3, 0.4) is 0 Å². The van der Waals surface area contributed by atoms with Gasteiger partial charge < -0.3 is 0 Å². The fourth-order valence-electron chi connectivity index (χ4n) is 1.33. The zero-order valence-corrected chi connectivity index (χ0v) is 12.5. The number of hydrogen-bond acceptors (Lipinski definition) is 4. The van der Waals surface area contributed by atoms with E-state index in [0.29, 0.717) is 6.42 Å². The van der Waals surface area contributed by atoms with Crippen molar-refractivity contribution >= 4 is 19.9 Å². The molecular formula is C11H16FNO4S2. The van der Waals surface area contributed by atoms with Crippen molar-refractivity contribution in [2.75, 3.05) is 6.26 Å². The van der Waals surface area contributed by atoms with E-state index in [-0.39, 0.29) is 10.9 Å². The van der Waals surface area contributed by atoms with E-state index in [1.165, 1.54) is 0 Å². The summed E-state index contributed by atoms with van der Waals surface area (Å²) in [6, 6.07) is 2.33. The van der Waals surface area contributed by atoms with Gasteiger partial charge in [-0.2, -0.15) is 0 Å². The van der Waals surface area contributed by atoms with Gasteiger partial charge in [-0.3, -0.25) is 0 Å². The lowest BCUT2D eigenvalue weighted by Crippen LogP contribution is -2.32. The van der Waals surface area contributed by atoms with E-state index in [1.807, 2.05) is 0 Å². The molecule has 1 aromatic rings. The molecule has 108 valence electrons. The molecule has 0 radical (unpaired) electrons. The Balaban J connectivity index is 3.34. The number of sulfonamides is 1. The Kier molecular flexibility index (Phi) is 4.70. The highest BCUT2D eigenvalue weighted by molar-refractivity contribution is 7.91. The second-order valence-corrected chi connectivity index (χ2v) is 7.99. The van der Waals surface area contributed by atoms with Gasteiger partial charge in [-0.25, -0.2) is 25.9 Å². The molecule has 8 heteroatoms. The van der Waals surface area contributed by atoms with Crippen LogP contribution in [0, 0.1) is 5.82 Å². The van der Waals surface area contributed by atoms with E-state index in [0.717, 1.165) is 24.5 Å². The fourth-order valence-corrected chi connectivity index (χ4v) is 3.48. The van der Waals surface area contributed by atoms with Gasteiger partial charge in [-0.15, -0.1) is 0 Å². The summed E-state index contributed by atoms with van der Waals surface area (Å²) in [4.78, 5) is -0.894. The molecule has 19 heavy (non-hydrogen) atoms. The van der Waals surface area contributed by atoms with Crippen LogP contribution in [0.4, 0.5) is 4.39 Å². The third-order valence-electron chi connectivity index (χ3n) is 2.59. The lowest BCUT2D eigenvalue weighted by molar-refractivity contribution is 0.538. The smallest absolute Gasteiger partial charge is 0.224 e. The molecular weight excluding hydrogens is 293 g/mol. The monoisotopic (exact) mass is 309 g/mol. The van der Waals surface area contributed by atoms with Crippen LogP contribution in [0.1, 0.15) is 20.3 Å². The molecule has 1 atom stereocenters. The maximum atomic E-state index is 13.6. The molecule has 1 N–H and O–H groups in total. The molecule has 0 bridgehead atoms. The average molecular weight is 309 g/mol. The van der Waals surface area contributed by atoms with Crippen LogP contribution in [-0.4, -0.2) is 29.1 Å². The number of benzene rings is 1. The minimum Gasteiger partial charge on any atom is -0.224 e. The average Bonchev–Trinajstić information content (AvgIpc) is 2.26. The topological polar surface area (TPSA) is 80.3 Å². The van der Waals surface area contributed by atoms with E-state index in [1.54, 1.807) is 13.8 Å². The molecule has 0 aliphatic heterocycles. The standard InChI is InChI=1S/C11H16FNO4S2/c1-4-8(2)13-19(16,17)11-7-9(18(3,14)15)5-6-10(11)12/h5-8,13H,4H2,1-3H3. The van der Waals surface area contributed by atoms with E-state index >= 15 is 0 Å². The number of sulfone groups is 1. The molecule has 0 heterocycles. The Labute approximate surface area is 112 Å². The van der Waals surface area contributed by atoms with Crippen molar-refractivity contribution in [2.24, 2.45) is 0 Å². The third kappa shape index (κ3) is 3.99. The van der Waals surface area contributed by atoms with Gasteiger partial charge in [-0.1, -0.05) is 6.92 Å². The van der Waals surface area contributed by atoms with Crippen molar-refractivity contribution in [3.05, 3.63) is 24.0 Å². The summed E-state index contributed by atoms with van der Waals surface area (Å²) in [7, 11) is -7.67. The number of rotatable bonds is 5. The predicted molar refractivity (Wildman–Crippen MR) is 69.6 cm³/mol. The summed E-state index contributed by atoms with van der Waals surface area (Å²) < 4.78 is 62.5. The zero-order valence-electron chi connectivity index (χ0n) is 10.8. The number of halogens is 1. The van der Waals surface area contributed by atoms with Crippen LogP contribution in [0.15, 0.2) is 28.0 Å². The predicted octanol–water partition coefficient (Wildman–Crippen LogP) is 1.31. The maximum Gasteiger partial charge on any atom is 0.243 e. The SMILES string of the molecule is CCC(C)NS(=O)(=O)c1cc(S(C)(=O)=O)ccc1F.